The van der Waals surface area contributed by atoms with Crippen LogP contribution in [0.2, 0.25) is 0 Å². The van der Waals surface area contributed by atoms with Gasteiger partial charge >= 0.3 is 0 Å². The smallest absolute Gasteiger partial charge is 0.264 e. The summed E-state index contributed by atoms with van der Waals surface area (Å²) in [6.45, 7) is 1.01. The molecular formula is C19H20N2O4S. The van der Waals surface area contributed by atoms with E-state index in [2.05, 4.69) is 12.1 Å². The molecule has 0 radical (unpaired) electrons. The summed E-state index contributed by atoms with van der Waals surface area (Å²) >= 11 is 1.51. The maximum Gasteiger partial charge on any atom is 0.264 e. The molecule has 0 spiro atoms. The molecule has 0 bridgehead atoms. The van der Waals surface area contributed by atoms with E-state index < -0.39 is 12.0 Å². The van der Waals surface area contributed by atoms with Crippen LogP contribution in [0.15, 0.2) is 24.3 Å². The average Bonchev–Trinajstić information content (AvgIpc) is 3.11. The van der Waals surface area contributed by atoms with E-state index in [-0.39, 0.29) is 12.5 Å². The molecular weight excluding hydrogens is 352 g/mol. The van der Waals surface area contributed by atoms with Crippen molar-refractivity contribution in [2.24, 2.45) is 5.73 Å². The molecule has 6 nitrogen and oxygen atoms in total. The summed E-state index contributed by atoms with van der Waals surface area (Å²) in [5, 5.41) is 0. The van der Waals surface area contributed by atoms with Crippen LogP contribution in [0, 0.1) is 0 Å². The highest BCUT2D eigenvalue weighted by Gasteiger charge is 2.30. The lowest BCUT2D eigenvalue weighted by atomic mass is 9.91. The van der Waals surface area contributed by atoms with Crippen molar-refractivity contribution in [3.63, 3.8) is 0 Å². The van der Waals surface area contributed by atoms with Crippen LogP contribution in [0.1, 0.15) is 20.8 Å². The van der Waals surface area contributed by atoms with E-state index in [0.717, 1.165) is 23.5 Å². The van der Waals surface area contributed by atoms with Crippen molar-refractivity contribution in [2.45, 2.75) is 18.9 Å². The van der Waals surface area contributed by atoms with Crippen molar-refractivity contribution in [1.82, 2.24) is 4.90 Å². The van der Waals surface area contributed by atoms with E-state index in [4.69, 9.17) is 15.2 Å². The molecule has 1 unspecified atom stereocenters. The van der Waals surface area contributed by atoms with Gasteiger partial charge in [-0.05, 0) is 53.8 Å². The Hall–Kier alpha value is -2.38. The summed E-state index contributed by atoms with van der Waals surface area (Å²) in [6.07, 6.45) is 1.12. The minimum absolute atomic E-state index is 0.0611. The molecule has 1 aromatic carbocycles. The van der Waals surface area contributed by atoms with Crippen molar-refractivity contribution >= 4 is 23.2 Å². The molecule has 0 saturated carbocycles. The van der Waals surface area contributed by atoms with Crippen molar-refractivity contribution in [1.29, 1.82) is 0 Å². The van der Waals surface area contributed by atoms with E-state index in [1.807, 2.05) is 12.1 Å². The fourth-order valence-corrected chi connectivity index (χ4v) is 4.74. The number of nitrogens with zero attached hydrogens (tertiary/aromatic N) is 1. The number of carbonyl (C=O) groups is 2. The Bertz CT molecular complexity index is 876. The number of methoxy groups -OCH3 is 1. The van der Waals surface area contributed by atoms with Gasteiger partial charge in [0.25, 0.3) is 5.91 Å². The molecule has 1 aromatic heterocycles. The lowest BCUT2D eigenvalue weighted by molar-refractivity contribution is -0.133. The van der Waals surface area contributed by atoms with Gasteiger partial charge in [0, 0.05) is 11.4 Å². The van der Waals surface area contributed by atoms with Crippen molar-refractivity contribution < 1.29 is 19.1 Å². The van der Waals surface area contributed by atoms with Gasteiger partial charge in [0.1, 0.15) is 5.75 Å². The number of thiophene rings is 1. The predicted molar refractivity (Wildman–Crippen MR) is 98.6 cm³/mol. The quantitative estimate of drug-likeness (QED) is 0.891. The summed E-state index contributed by atoms with van der Waals surface area (Å²) in [6, 6.07) is 8.08. The number of nitrogens with two attached hydrogens (primary N) is 1. The van der Waals surface area contributed by atoms with Crippen LogP contribution in [-0.2, 0) is 22.4 Å². The molecule has 2 aliphatic rings. The van der Waals surface area contributed by atoms with E-state index in [0.29, 0.717) is 18.0 Å². The molecule has 4 rings (SSSR count). The SMILES string of the molecule is COc1ccc2c(c1)CCc1cc(C(=O)N3CCOC(C(N)=O)C3)sc1-2. The van der Waals surface area contributed by atoms with Gasteiger partial charge in [0.05, 0.1) is 25.1 Å². The number of ether oxygens (including phenoxy) is 2. The highest BCUT2D eigenvalue weighted by molar-refractivity contribution is 7.17. The maximum atomic E-state index is 12.9. The summed E-state index contributed by atoms with van der Waals surface area (Å²) < 4.78 is 10.6. The van der Waals surface area contributed by atoms with Gasteiger partial charge in [-0.1, -0.05) is 0 Å². The van der Waals surface area contributed by atoms with Gasteiger partial charge in [-0.3, -0.25) is 9.59 Å². The molecule has 2 heterocycles. The second kappa shape index (κ2) is 6.74. The number of amides is 2. The third kappa shape index (κ3) is 2.97. The maximum absolute atomic E-state index is 12.9. The fraction of sp³-hybridized carbons (Fsp3) is 0.368. The predicted octanol–water partition coefficient (Wildman–Crippen LogP) is 1.85. The summed E-state index contributed by atoms with van der Waals surface area (Å²) in [7, 11) is 1.67. The van der Waals surface area contributed by atoms with Crippen LogP contribution in [0.4, 0.5) is 0 Å². The second-order valence-electron chi connectivity index (χ2n) is 6.50. The zero-order valence-electron chi connectivity index (χ0n) is 14.5. The Morgan fingerprint density at radius 3 is 2.85 bits per heavy atom. The molecule has 136 valence electrons. The number of hydrogen-bond acceptors (Lipinski definition) is 5. The Morgan fingerprint density at radius 2 is 2.08 bits per heavy atom. The van der Waals surface area contributed by atoms with Crippen LogP contribution in [0.3, 0.4) is 0 Å². The second-order valence-corrected chi connectivity index (χ2v) is 7.55. The number of morpholine rings is 1. The number of benzene rings is 1. The molecule has 1 fully saturated rings. The zero-order valence-corrected chi connectivity index (χ0v) is 15.3. The molecule has 2 amide bonds. The highest BCUT2D eigenvalue weighted by atomic mass is 32.1. The van der Waals surface area contributed by atoms with Crippen LogP contribution in [0.5, 0.6) is 5.75 Å². The summed E-state index contributed by atoms with van der Waals surface area (Å²) in [4.78, 5) is 27.8. The fourth-order valence-electron chi connectivity index (χ4n) is 3.50. The molecule has 1 aliphatic carbocycles. The normalized spacial score (nSPS) is 18.8. The molecule has 2 aromatic rings. The van der Waals surface area contributed by atoms with Crippen LogP contribution in [-0.4, -0.2) is 49.6 Å². The van der Waals surface area contributed by atoms with Crippen molar-refractivity contribution in [2.75, 3.05) is 26.8 Å². The molecule has 1 aliphatic heterocycles. The zero-order chi connectivity index (χ0) is 18.3. The van der Waals surface area contributed by atoms with Gasteiger partial charge in [-0.15, -0.1) is 11.3 Å². The number of carbonyl (C=O) groups excluding carboxylic acids is 2. The minimum atomic E-state index is -0.726. The topological polar surface area (TPSA) is 81.9 Å². The van der Waals surface area contributed by atoms with E-state index in [9.17, 15) is 9.59 Å². The standard InChI is InChI=1S/C19H20N2O4S/c1-24-13-4-5-14-11(8-13)2-3-12-9-16(26-17(12)14)19(23)21-6-7-25-15(10-21)18(20)22/h4-5,8-9,15H,2-3,6-7,10H2,1H3,(H2,20,22). The van der Waals surface area contributed by atoms with Crippen LogP contribution in [0.25, 0.3) is 10.4 Å². The van der Waals surface area contributed by atoms with Crippen molar-refractivity contribution in [3.05, 3.63) is 40.3 Å². The van der Waals surface area contributed by atoms with E-state index in [1.54, 1.807) is 12.0 Å². The lowest BCUT2D eigenvalue weighted by Crippen LogP contribution is -2.50. The highest BCUT2D eigenvalue weighted by Crippen LogP contribution is 2.41. The Morgan fingerprint density at radius 1 is 1.27 bits per heavy atom. The Labute approximate surface area is 155 Å². The van der Waals surface area contributed by atoms with E-state index >= 15 is 0 Å². The van der Waals surface area contributed by atoms with Crippen molar-refractivity contribution in [3.8, 4) is 16.2 Å². The van der Waals surface area contributed by atoms with Gasteiger partial charge in [-0.2, -0.15) is 0 Å². The van der Waals surface area contributed by atoms with Crippen LogP contribution >= 0.6 is 11.3 Å². The summed E-state index contributed by atoms with van der Waals surface area (Å²) in [5.74, 6) is 0.260. The lowest BCUT2D eigenvalue weighted by Gasteiger charge is -2.31. The van der Waals surface area contributed by atoms with Gasteiger partial charge in [0.15, 0.2) is 6.10 Å². The molecule has 1 saturated heterocycles. The molecule has 7 heteroatoms. The van der Waals surface area contributed by atoms with Crippen LogP contribution < -0.4 is 10.5 Å². The first-order valence-corrected chi connectivity index (χ1v) is 9.38. The first kappa shape index (κ1) is 17.1. The molecule has 2 N–H and O–H groups in total. The third-order valence-corrected chi connectivity index (χ3v) is 6.11. The molecule has 26 heavy (non-hydrogen) atoms. The van der Waals surface area contributed by atoms with Gasteiger partial charge < -0.3 is 20.1 Å². The monoisotopic (exact) mass is 372 g/mol. The molecule has 1 atom stereocenters. The number of hydrogen-bond donors (Lipinski definition) is 1. The largest absolute Gasteiger partial charge is 0.497 e. The average molecular weight is 372 g/mol. The Kier molecular flexibility index (Phi) is 4.42. The first-order chi connectivity index (χ1) is 12.6. The number of aryl methyl sites for hydroxylation is 2. The minimum Gasteiger partial charge on any atom is -0.497 e. The number of primary amides is 1. The number of rotatable bonds is 3. The van der Waals surface area contributed by atoms with Gasteiger partial charge in [0.2, 0.25) is 5.91 Å². The summed E-state index contributed by atoms with van der Waals surface area (Å²) in [5.41, 5.74) is 8.94. The first-order valence-electron chi connectivity index (χ1n) is 8.57. The number of fused-ring (bicyclic) bond motifs is 3. The third-order valence-electron chi connectivity index (χ3n) is 4.91. The Balaban J connectivity index is 1.61. The van der Waals surface area contributed by atoms with E-state index in [1.165, 1.54) is 28.0 Å². The van der Waals surface area contributed by atoms with Gasteiger partial charge in [-0.25, -0.2) is 0 Å².